The van der Waals surface area contributed by atoms with Gasteiger partial charge in [0.25, 0.3) is 0 Å². The van der Waals surface area contributed by atoms with Gasteiger partial charge in [0, 0.05) is 64.1 Å². The zero-order valence-corrected chi connectivity index (χ0v) is 22.3. The Bertz CT molecular complexity index is 1170. The van der Waals surface area contributed by atoms with E-state index < -0.39 is 12.1 Å². The Balaban J connectivity index is 0.000000470. The highest BCUT2D eigenvalue weighted by Crippen LogP contribution is 2.49. The first kappa shape index (κ1) is 29.3. The number of carbonyl (C=O) groups is 3. The highest BCUT2D eigenvalue weighted by molar-refractivity contribution is 5.84. The van der Waals surface area contributed by atoms with Crippen molar-refractivity contribution in [2.75, 3.05) is 32.7 Å². The fraction of sp³-hybridized carbons (Fsp3) is 0.500. The Labute approximate surface area is 231 Å². The summed E-state index contributed by atoms with van der Waals surface area (Å²) in [5.74, 6) is -2.05. The number of carboxylic acids is 1. The number of carboxylic acid groups (broad SMARTS) is 1. The van der Waals surface area contributed by atoms with Gasteiger partial charge in [0.05, 0.1) is 11.5 Å². The fourth-order valence-corrected chi connectivity index (χ4v) is 6.27. The summed E-state index contributed by atoms with van der Waals surface area (Å²) in [6, 6.07) is 14.0. The second-order valence-electron chi connectivity index (χ2n) is 10.4. The molecule has 12 heteroatoms. The molecule has 1 aromatic carbocycles. The molecule has 0 aliphatic carbocycles. The first-order chi connectivity index (χ1) is 19.0. The second kappa shape index (κ2) is 12.2. The SMILES string of the molecule is CCN1C(=O)[C@H]2CN(Cc3cccnc3)C[C@H]2C12CCN(C(=O)NCc1ccccc1)CC2.O=C(O)C(F)(F)F. The predicted molar refractivity (Wildman–Crippen MR) is 140 cm³/mol. The average Bonchev–Trinajstić information content (AvgIpc) is 3.45. The number of hydrogen-bond donors (Lipinski definition) is 2. The first-order valence-corrected chi connectivity index (χ1v) is 13.3. The van der Waals surface area contributed by atoms with E-state index in [0.29, 0.717) is 31.5 Å². The Morgan fingerprint density at radius 1 is 1.07 bits per heavy atom. The maximum Gasteiger partial charge on any atom is 0.490 e. The van der Waals surface area contributed by atoms with Crippen molar-refractivity contribution in [1.82, 2.24) is 25.0 Å². The highest BCUT2D eigenvalue weighted by atomic mass is 19.4. The van der Waals surface area contributed by atoms with Gasteiger partial charge in [-0.25, -0.2) is 9.59 Å². The first-order valence-electron chi connectivity index (χ1n) is 13.3. The zero-order valence-electron chi connectivity index (χ0n) is 22.3. The summed E-state index contributed by atoms with van der Waals surface area (Å²) in [5, 5.41) is 10.2. The van der Waals surface area contributed by atoms with Crippen LogP contribution >= 0.6 is 0 Å². The summed E-state index contributed by atoms with van der Waals surface area (Å²) in [5.41, 5.74) is 2.16. The van der Waals surface area contributed by atoms with E-state index in [-0.39, 0.29) is 17.5 Å². The lowest BCUT2D eigenvalue weighted by atomic mass is 9.75. The van der Waals surface area contributed by atoms with Crippen LogP contribution in [0.1, 0.15) is 30.9 Å². The molecule has 9 nitrogen and oxygen atoms in total. The van der Waals surface area contributed by atoms with Crippen LogP contribution in [0.5, 0.6) is 0 Å². The van der Waals surface area contributed by atoms with E-state index in [9.17, 15) is 22.8 Å². The zero-order chi connectivity index (χ0) is 28.9. The van der Waals surface area contributed by atoms with Gasteiger partial charge < -0.3 is 20.2 Å². The van der Waals surface area contributed by atoms with Crippen LogP contribution in [0.25, 0.3) is 0 Å². The van der Waals surface area contributed by atoms with Gasteiger partial charge in [-0.05, 0) is 37.0 Å². The van der Waals surface area contributed by atoms with Crippen molar-refractivity contribution < 1.29 is 32.7 Å². The van der Waals surface area contributed by atoms with E-state index in [0.717, 1.165) is 44.6 Å². The maximum absolute atomic E-state index is 13.4. The molecule has 2 aromatic rings. The minimum atomic E-state index is -5.08. The van der Waals surface area contributed by atoms with Crippen LogP contribution in [0.3, 0.4) is 0 Å². The largest absolute Gasteiger partial charge is 0.490 e. The number of amides is 3. The Kier molecular flexibility index (Phi) is 8.97. The summed E-state index contributed by atoms with van der Waals surface area (Å²) in [4.78, 5) is 45.8. The number of halogens is 3. The van der Waals surface area contributed by atoms with E-state index >= 15 is 0 Å². The number of aromatic nitrogens is 1. The fourth-order valence-electron chi connectivity index (χ4n) is 6.27. The third kappa shape index (κ3) is 6.38. The van der Waals surface area contributed by atoms with Crippen molar-refractivity contribution in [2.45, 2.75) is 44.6 Å². The molecule has 3 fully saturated rings. The number of likely N-dealkylation sites (tertiary alicyclic amines) is 3. The Morgan fingerprint density at radius 3 is 2.30 bits per heavy atom. The third-order valence-corrected chi connectivity index (χ3v) is 8.10. The minimum absolute atomic E-state index is 0.0118. The predicted octanol–water partition coefficient (Wildman–Crippen LogP) is 3.37. The number of rotatable bonds is 5. The number of nitrogens with one attached hydrogen (secondary N) is 1. The Morgan fingerprint density at radius 2 is 1.73 bits per heavy atom. The van der Waals surface area contributed by atoms with Crippen molar-refractivity contribution in [3.05, 3.63) is 66.0 Å². The molecule has 1 spiro atoms. The highest BCUT2D eigenvalue weighted by Gasteiger charge is 2.61. The molecule has 1 aromatic heterocycles. The number of fused-ring (bicyclic) bond motifs is 2. The number of aliphatic carboxylic acids is 1. The normalized spacial score (nSPS) is 22.1. The molecule has 5 rings (SSSR count). The minimum Gasteiger partial charge on any atom is -0.475 e. The summed E-state index contributed by atoms with van der Waals surface area (Å²) in [6.45, 7) is 7.34. The number of piperidine rings is 1. The van der Waals surface area contributed by atoms with Gasteiger partial charge in [-0.15, -0.1) is 0 Å². The molecule has 3 amide bonds. The van der Waals surface area contributed by atoms with Gasteiger partial charge in [0.15, 0.2) is 0 Å². The molecule has 4 heterocycles. The molecule has 3 saturated heterocycles. The molecule has 2 N–H and O–H groups in total. The van der Waals surface area contributed by atoms with Crippen LogP contribution in [0.15, 0.2) is 54.9 Å². The number of urea groups is 1. The number of carbonyl (C=O) groups excluding carboxylic acids is 2. The molecule has 0 radical (unpaired) electrons. The molecule has 216 valence electrons. The quantitative estimate of drug-likeness (QED) is 0.580. The summed E-state index contributed by atoms with van der Waals surface area (Å²) in [7, 11) is 0. The monoisotopic (exact) mass is 561 g/mol. The van der Waals surface area contributed by atoms with Gasteiger partial charge in [0.1, 0.15) is 0 Å². The van der Waals surface area contributed by atoms with Gasteiger partial charge >= 0.3 is 18.2 Å². The van der Waals surface area contributed by atoms with Gasteiger partial charge in [-0.1, -0.05) is 36.4 Å². The molecule has 40 heavy (non-hydrogen) atoms. The van der Waals surface area contributed by atoms with Gasteiger partial charge in [0.2, 0.25) is 5.91 Å². The molecular formula is C28H34F3N5O4. The maximum atomic E-state index is 13.4. The molecule has 0 bridgehead atoms. The second-order valence-corrected chi connectivity index (χ2v) is 10.4. The van der Waals surface area contributed by atoms with Crippen molar-refractivity contribution in [2.24, 2.45) is 11.8 Å². The van der Waals surface area contributed by atoms with Crippen LogP contribution < -0.4 is 5.32 Å². The van der Waals surface area contributed by atoms with Gasteiger partial charge in [-0.2, -0.15) is 13.2 Å². The van der Waals surface area contributed by atoms with E-state index in [4.69, 9.17) is 9.90 Å². The van der Waals surface area contributed by atoms with Crippen LogP contribution in [-0.2, 0) is 22.7 Å². The van der Waals surface area contributed by atoms with Crippen molar-refractivity contribution >= 4 is 17.9 Å². The van der Waals surface area contributed by atoms with Crippen LogP contribution in [0.4, 0.5) is 18.0 Å². The molecular weight excluding hydrogens is 527 g/mol. The van der Waals surface area contributed by atoms with Gasteiger partial charge in [-0.3, -0.25) is 14.7 Å². The third-order valence-electron chi connectivity index (χ3n) is 8.10. The molecule has 0 saturated carbocycles. The number of pyridine rings is 1. The molecule has 3 aliphatic heterocycles. The smallest absolute Gasteiger partial charge is 0.475 e. The lowest BCUT2D eigenvalue weighted by Crippen LogP contribution is -2.58. The van der Waals surface area contributed by atoms with Crippen LogP contribution in [-0.4, -0.2) is 87.1 Å². The summed E-state index contributed by atoms with van der Waals surface area (Å²) >= 11 is 0. The topological polar surface area (TPSA) is 106 Å². The molecule has 2 atom stereocenters. The van der Waals surface area contributed by atoms with E-state index in [1.165, 1.54) is 5.56 Å². The summed E-state index contributed by atoms with van der Waals surface area (Å²) < 4.78 is 31.7. The number of nitrogens with zero attached hydrogens (tertiary/aromatic N) is 4. The lowest BCUT2D eigenvalue weighted by molar-refractivity contribution is -0.192. The number of alkyl halides is 3. The van der Waals surface area contributed by atoms with E-state index in [2.05, 4.69) is 33.1 Å². The Hall–Kier alpha value is -3.67. The van der Waals surface area contributed by atoms with E-state index in [1.807, 2.05) is 47.5 Å². The van der Waals surface area contributed by atoms with Crippen LogP contribution in [0.2, 0.25) is 0 Å². The van der Waals surface area contributed by atoms with Crippen molar-refractivity contribution in [1.29, 1.82) is 0 Å². The molecule has 0 unspecified atom stereocenters. The standard InChI is InChI=1S/C26H33N5O2.C2HF3O2/c1-2-31-24(32)22-18-29(17-21-9-6-12-27-15-21)19-23(22)26(31)10-13-30(14-11-26)25(33)28-16-20-7-4-3-5-8-20;3-2(4,5)1(6)7/h3-9,12,15,22-23H,2,10-11,13-14,16-19H2,1H3,(H,28,33);(H,6,7)/t22-,23+;/m0./s1. The van der Waals surface area contributed by atoms with E-state index in [1.54, 1.807) is 6.20 Å². The van der Waals surface area contributed by atoms with Crippen LogP contribution in [0, 0.1) is 11.8 Å². The summed E-state index contributed by atoms with van der Waals surface area (Å²) in [6.07, 6.45) is 0.334. The number of hydrogen-bond acceptors (Lipinski definition) is 5. The van der Waals surface area contributed by atoms with Crippen molar-refractivity contribution in [3.8, 4) is 0 Å². The molecule has 3 aliphatic rings. The van der Waals surface area contributed by atoms with Crippen molar-refractivity contribution in [3.63, 3.8) is 0 Å². The number of benzene rings is 1. The lowest BCUT2D eigenvalue weighted by Gasteiger charge is -2.47. The average molecular weight is 562 g/mol.